The van der Waals surface area contributed by atoms with Gasteiger partial charge in [-0.1, -0.05) is 11.3 Å². The summed E-state index contributed by atoms with van der Waals surface area (Å²) in [5.74, 6) is 1.09. The summed E-state index contributed by atoms with van der Waals surface area (Å²) >= 11 is 2.89. The fraction of sp³-hybridized carbons (Fsp3) is 0.312. The minimum Gasteiger partial charge on any atom is -0.497 e. The lowest BCUT2D eigenvalue weighted by molar-refractivity contribution is -0.142. The van der Waals surface area contributed by atoms with Crippen molar-refractivity contribution in [2.45, 2.75) is 13.3 Å². The molecule has 3 rings (SSSR count). The third-order valence-corrected chi connectivity index (χ3v) is 5.01. The Balaban J connectivity index is 1.79. The van der Waals surface area contributed by atoms with Crippen LogP contribution in [0.1, 0.15) is 12.6 Å². The van der Waals surface area contributed by atoms with E-state index in [0.717, 1.165) is 10.2 Å². The number of esters is 1. The number of fused-ring (bicyclic) bond motifs is 1. The van der Waals surface area contributed by atoms with E-state index >= 15 is 0 Å². The molecule has 0 unspecified atom stereocenters. The predicted octanol–water partition coefficient (Wildman–Crippen LogP) is 3.62. The van der Waals surface area contributed by atoms with Gasteiger partial charge in [0.05, 0.1) is 37.6 Å². The van der Waals surface area contributed by atoms with Crippen molar-refractivity contribution in [1.82, 2.24) is 9.97 Å². The highest BCUT2D eigenvalue weighted by Crippen LogP contribution is 2.37. The molecule has 9 heteroatoms. The smallest absolute Gasteiger partial charge is 0.311 e. The van der Waals surface area contributed by atoms with Gasteiger partial charge in [0.15, 0.2) is 10.3 Å². The predicted molar refractivity (Wildman–Crippen MR) is 98.5 cm³/mol. The number of carbonyl (C=O) groups is 1. The zero-order valence-corrected chi connectivity index (χ0v) is 15.6. The Hall–Kier alpha value is -2.39. The maximum absolute atomic E-state index is 11.5. The number of nitrogens with one attached hydrogen (secondary N) is 1. The van der Waals surface area contributed by atoms with Crippen LogP contribution in [0.2, 0.25) is 0 Å². The Morgan fingerprint density at radius 2 is 2.04 bits per heavy atom. The molecule has 0 saturated heterocycles. The van der Waals surface area contributed by atoms with E-state index in [-0.39, 0.29) is 12.4 Å². The van der Waals surface area contributed by atoms with Gasteiger partial charge in [0.2, 0.25) is 0 Å². The van der Waals surface area contributed by atoms with Gasteiger partial charge < -0.3 is 19.5 Å². The van der Waals surface area contributed by atoms with Crippen LogP contribution in [-0.2, 0) is 16.0 Å². The van der Waals surface area contributed by atoms with Gasteiger partial charge in [-0.25, -0.2) is 9.97 Å². The zero-order chi connectivity index (χ0) is 17.8. The SMILES string of the molecule is CCOC(=O)Cc1csc(Nc2nc3c(OC)cc(OC)cc3s2)n1. The molecule has 2 heterocycles. The van der Waals surface area contributed by atoms with Crippen molar-refractivity contribution in [3.8, 4) is 11.5 Å². The summed E-state index contributed by atoms with van der Waals surface area (Å²) in [5, 5.41) is 6.37. The highest BCUT2D eigenvalue weighted by molar-refractivity contribution is 7.22. The van der Waals surface area contributed by atoms with E-state index in [1.807, 2.05) is 11.4 Å². The number of anilines is 2. The van der Waals surface area contributed by atoms with Gasteiger partial charge in [0.1, 0.15) is 17.0 Å². The molecule has 0 radical (unpaired) electrons. The molecule has 0 saturated carbocycles. The summed E-state index contributed by atoms with van der Waals surface area (Å²) in [7, 11) is 3.21. The number of rotatable bonds is 7. The van der Waals surface area contributed by atoms with Gasteiger partial charge in [-0.05, 0) is 13.0 Å². The minimum atomic E-state index is -0.281. The summed E-state index contributed by atoms with van der Waals surface area (Å²) in [4.78, 5) is 20.5. The van der Waals surface area contributed by atoms with Crippen LogP contribution in [0.5, 0.6) is 11.5 Å². The number of hydrogen-bond donors (Lipinski definition) is 1. The molecule has 0 fully saturated rings. The highest BCUT2D eigenvalue weighted by atomic mass is 32.1. The third-order valence-electron chi connectivity index (χ3n) is 3.29. The molecule has 0 amide bonds. The number of methoxy groups -OCH3 is 2. The third kappa shape index (κ3) is 3.99. The van der Waals surface area contributed by atoms with Crippen molar-refractivity contribution in [3.63, 3.8) is 0 Å². The molecule has 132 valence electrons. The number of nitrogens with zero attached hydrogens (tertiary/aromatic N) is 2. The molecule has 0 bridgehead atoms. The lowest BCUT2D eigenvalue weighted by Crippen LogP contribution is -2.07. The number of benzene rings is 1. The summed E-state index contributed by atoms with van der Waals surface area (Å²) in [6.07, 6.45) is 0.164. The van der Waals surface area contributed by atoms with E-state index < -0.39 is 0 Å². The largest absolute Gasteiger partial charge is 0.497 e. The molecule has 25 heavy (non-hydrogen) atoms. The molecular formula is C16H17N3O4S2. The first-order valence-electron chi connectivity index (χ1n) is 7.52. The van der Waals surface area contributed by atoms with Crippen molar-refractivity contribution < 1.29 is 19.0 Å². The van der Waals surface area contributed by atoms with Gasteiger partial charge in [0, 0.05) is 11.4 Å². The van der Waals surface area contributed by atoms with Gasteiger partial charge >= 0.3 is 5.97 Å². The molecule has 3 aromatic rings. The van der Waals surface area contributed by atoms with E-state index in [1.165, 1.54) is 22.7 Å². The first-order chi connectivity index (χ1) is 12.1. The maximum Gasteiger partial charge on any atom is 0.311 e. The highest BCUT2D eigenvalue weighted by Gasteiger charge is 2.13. The second kappa shape index (κ2) is 7.66. The van der Waals surface area contributed by atoms with Crippen molar-refractivity contribution in [1.29, 1.82) is 0 Å². The monoisotopic (exact) mass is 379 g/mol. The first-order valence-corrected chi connectivity index (χ1v) is 9.22. The van der Waals surface area contributed by atoms with Gasteiger partial charge in [-0.3, -0.25) is 4.79 Å². The Labute approximate surface area is 152 Å². The van der Waals surface area contributed by atoms with Crippen LogP contribution in [0.4, 0.5) is 10.3 Å². The van der Waals surface area contributed by atoms with Crippen LogP contribution in [-0.4, -0.2) is 36.8 Å². The Kier molecular flexibility index (Phi) is 5.34. The number of thiazole rings is 2. The maximum atomic E-state index is 11.5. The van der Waals surface area contributed by atoms with Crippen LogP contribution >= 0.6 is 22.7 Å². The van der Waals surface area contributed by atoms with Crippen LogP contribution in [0.15, 0.2) is 17.5 Å². The first kappa shape index (κ1) is 17.4. The van der Waals surface area contributed by atoms with Crippen molar-refractivity contribution in [2.75, 3.05) is 26.1 Å². The second-order valence-electron chi connectivity index (χ2n) is 4.95. The molecule has 0 atom stereocenters. The zero-order valence-electron chi connectivity index (χ0n) is 14.0. The van der Waals surface area contributed by atoms with Gasteiger partial charge in [-0.15, -0.1) is 11.3 Å². The van der Waals surface area contributed by atoms with E-state index in [2.05, 4.69) is 15.3 Å². The van der Waals surface area contributed by atoms with Crippen LogP contribution < -0.4 is 14.8 Å². The normalized spacial score (nSPS) is 10.7. The number of carbonyl (C=O) groups excluding carboxylic acids is 1. The van der Waals surface area contributed by atoms with E-state index in [9.17, 15) is 4.79 Å². The lowest BCUT2D eigenvalue weighted by Gasteiger charge is -2.03. The fourth-order valence-corrected chi connectivity index (χ4v) is 3.88. The van der Waals surface area contributed by atoms with Crippen LogP contribution in [0.25, 0.3) is 10.2 Å². The van der Waals surface area contributed by atoms with E-state index in [0.29, 0.717) is 34.1 Å². The summed E-state index contributed by atoms with van der Waals surface area (Å²) in [6.45, 7) is 2.15. The number of ether oxygens (including phenoxy) is 3. The van der Waals surface area contributed by atoms with Crippen LogP contribution in [0, 0.1) is 0 Å². The quantitative estimate of drug-likeness (QED) is 0.628. The Morgan fingerprint density at radius 3 is 2.76 bits per heavy atom. The lowest BCUT2D eigenvalue weighted by atomic mass is 10.3. The van der Waals surface area contributed by atoms with Crippen molar-refractivity contribution in [2.24, 2.45) is 0 Å². The molecule has 7 nitrogen and oxygen atoms in total. The van der Waals surface area contributed by atoms with Gasteiger partial charge in [0.25, 0.3) is 0 Å². The topological polar surface area (TPSA) is 82.6 Å². The van der Waals surface area contributed by atoms with Gasteiger partial charge in [-0.2, -0.15) is 0 Å². The van der Waals surface area contributed by atoms with E-state index in [4.69, 9.17) is 14.2 Å². The summed E-state index contributed by atoms with van der Waals surface area (Å²) in [5.41, 5.74) is 1.44. The van der Waals surface area contributed by atoms with Crippen LogP contribution in [0.3, 0.4) is 0 Å². The molecule has 1 N–H and O–H groups in total. The molecule has 0 spiro atoms. The molecule has 1 aromatic carbocycles. The molecular weight excluding hydrogens is 362 g/mol. The number of aromatic nitrogens is 2. The molecule has 2 aromatic heterocycles. The summed E-state index contributed by atoms with van der Waals surface area (Å²) < 4.78 is 16.5. The Bertz CT molecular complexity index is 891. The fourth-order valence-electron chi connectivity index (χ4n) is 2.20. The Morgan fingerprint density at radius 1 is 1.20 bits per heavy atom. The minimum absolute atomic E-state index is 0.164. The second-order valence-corrected chi connectivity index (χ2v) is 6.83. The van der Waals surface area contributed by atoms with Crippen molar-refractivity contribution >= 4 is 49.1 Å². The van der Waals surface area contributed by atoms with Crippen molar-refractivity contribution in [3.05, 3.63) is 23.2 Å². The molecule has 0 aliphatic rings. The molecule has 0 aliphatic heterocycles. The molecule has 0 aliphatic carbocycles. The average molecular weight is 379 g/mol. The number of hydrogen-bond acceptors (Lipinski definition) is 9. The standard InChI is InChI=1S/C16H17N3O4S2/c1-4-23-13(20)5-9-8-24-15(17-9)19-16-18-14-11(22-3)6-10(21-2)7-12(14)25-16/h6-8H,4-5H2,1-3H3,(H,17,18,19). The van der Waals surface area contributed by atoms with E-state index in [1.54, 1.807) is 27.2 Å². The average Bonchev–Trinajstić information content (AvgIpc) is 3.20. The summed E-state index contributed by atoms with van der Waals surface area (Å²) in [6, 6.07) is 3.71.